The van der Waals surface area contributed by atoms with Crippen molar-refractivity contribution in [3.05, 3.63) is 69.7 Å². The van der Waals surface area contributed by atoms with Crippen molar-refractivity contribution in [1.82, 2.24) is 5.32 Å². The first-order valence-electron chi connectivity index (χ1n) is 7.59. The molecule has 0 saturated heterocycles. The standard InChI is InChI=1S/C19H24BrN/c1-14(2)21-13-18(16-8-10-19(20)11-9-16)12-17-7-5-4-6-15(17)3/h4-11,14,18,21H,12-13H2,1-3H3. The Morgan fingerprint density at radius 1 is 1.00 bits per heavy atom. The van der Waals surface area contributed by atoms with Crippen LogP contribution in [0.15, 0.2) is 53.0 Å². The molecule has 0 saturated carbocycles. The van der Waals surface area contributed by atoms with Crippen molar-refractivity contribution in [2.24, 2.45) is 0 Å². The van der Waals surface area contributed by atoms with Crippen LogP contribution in [0.3, 0.4) is 0 Å². The molecule has 2 aromatic rings. The summed E-state index contributed by atoms with van der Waals surface area (Å²) in [5.74, 6) is 0.501. The monoisotopic (exact) mass is 345 g/mol. The average Bonchev–Trinajstić information content (AvgIpc) is 2.46. The summed E-state index contributed by atoms with van der Waals surface area (Å²) >= 11 is 3.52. The first-order chi connectivity index (χ1) is 10.1. The maximum absolute atomic E-state index is 3.59. The molecular formula is C19H24BrN. The molecule has 0 spiro atoms. The molecule has 0 aliphatic carbocycles. The van der Waals surface area contributed by atoms with E-state index in [-0.39, 0.29) is 0 Å². The maximum Gasteiger partial charge on any atom is 0.0175 e. The molecule has 1 unspecified atom stereocenters. The first-order valence-corrected chi connectivity index (χ1v) is 8.39. The van der Waals surface area contributed by atoms with Crippen molar-refractivity contribution in [2.75, 3.05) is 6.54 Å². The highest BCUT2D eigenvalue weighted by atomic mass is 79.9. The molecule has 112 valence electrons. The van der Waals surface area contributed by atoms with Crippen LogP contribution in [0.4, 0.5) is 0 Å². The van der Waals surface area contributed by atoms with E-state index in [1.165, 1.54) is 16.7 Å². The summed E-state index contributed by atoms with van der Waals surface area (Å²) in [7, 11) is 0. The van der Waals surface area contributed by atoms with Gasteiger partial charge in [0, 0.05) is 23.0 Å². The highest BCUT2D eigenvalue weighted by molar-refractivity contribution is 9.10. The van der Waals surface area contributed by atoms with E-state index in [2.05, 4.69) is 90.5 Å². The minimum Gasteiger partial charge on any atom is -0.314 e. The summed E-state index contributed by atoms with van der Waals surface area (Å²) < 4.78 is 1.14. The Bertz CT molecular complexity index is 560. The zero-order chi connectivity index (χ0) is 15.2. The Hall–Kier alpha value is -1.12. The molecule has 0 radical (unpaired) electrons. The second kappa shape index (κ2) is 7.77. The fourth-order valence-electron chi connectivity index (χ4n) is 2.53. The lowest BCUT2D eigenvalue weighted by molar-refractivity contribution is 0.526. The van der Waals surface area contributed by atoms with Crippen LogP contribution in [0.25, 0.3) is 0 Å². The van der Waals surface area contributed by atoms with E-state index in [1.54, 1.807) is 0 Å². The number of hydrogen-bond donors (Lipinski definition) is 1. The van der Waals surface area contributed by atoms with Crippen molar-refractivity contribution < 1.29 is 0 Å². The Morgan fingerprint density at radius 2 is 1.67 bits per heavy atom. The molecule has 2 rings (SSSR count). The third-order valence-electron chi connectivity index (χ3n) is 3.84. The quantitative estimate of drug-likeness (QED) is 0.769. The van der Waals surface area contributed by atoms with Crippen LogP contribution in [0.1, 0.15) is 36.5 Å². The second-order valence-electron chi connectivity index (χ2n) is 5.94. The average molecular weight is 346 g/mol. The number of rotatable bonds is 6. The zero-order valence-electron chi connectivity index (χ0n) is 13.1. The molecule has 1 N–H and O–H groups in total. The SMILES string of the molecule is Cc1ccccc1CC(CNC(C)C)c1ccc(Br)cc1. The lowest BCUT2D eigenvalue weighted by atomic mass is 9.90. The molecule has 0 aliphatic rings. The van der Waals surface area contributed by atoms with Crippen molar-refractivity contribution in [2.45, 2.75) is 39.2 Å². The molecule has 0 heterocycles. The molecule has 0 fully saturated rings. The van der Waals surface area contributed by atoms with Crippen LogP contribution in [0.2, 0.25) is 0 Å². The van der Waals surface area contributed by atoms with Gasteiger partial charge in [0.15, 0.2) is 0 Å². The molecule has 1 nitrogen and oxygen atoms in total. The van der Waals surface area contributed by atoms with Gasteiger partial charge in [-0.15, -0.1) is 0 Å². The van der Waals surface area contributed by atoms with Gasteiger partial charge in [-0.25, -0.2) is 0 Å². The molecule has 2 heteroatoms. The maximum atomic E-state index is 3.59. The highest BCUT2D eigenvalue weighted by Gasteiger charge is 2.14. The summed E-state index contributed by atoms with van der Waals surface area (Å²) in [5.41, 5.74) is 4.22. The van der Waals surface area contributed by atoms with E-state index < -0.39 is 0 Å². The van der Waals surface area contributed by atoms with Gasteiger partial charge in [0.05, 0.1) is 0 Å². The molecule has 21 heavy (non-hydrogen) atoms. The topological polar surface area (TPSA) is 12.0 Å². The van der Waals surface area contributed by atoms with Crippen molar-refractivity contribution in [1.29, 1.82) is 0 Å². The van der Waals surface area contributed by atoms with Crippen molar-refractivity contribution in [3.63, 3.8) is 0 Å². The summed E-state index contributed by atoms with van der Waals surface area (Å²) in [4.78, 5) is 0. The smallest absolute Gasteiger partial charge is 0.0175 e. The van der Waals surface area contributed by atoms with E-state index >= 15 is 0 Å². The van der Waals surface area contributed by atoms with Crippen LogP contribution in [0, 0.1) is 6.92 Å². The minimum atomic E-state index is 0.501. The number of aryl methyl sites for hydroxylation is 1. The number of hydrogen-bond acceptors (Lipinski definition) is 1. The van der Waals surface area contributed by atoms with Gasteiger partial charge in [-0.1, -0.05) is 66.2 Å². The van der Waals surface area contributed by atoms with Gasteiger partial charge in [0.2, 0.25) is 0 Å². The summed E-state index contributed by atoms with van der Waals surface area (Å²) in [6.45, 7) is 7.61. The van der Waals surface area contributed by atoms with Crippen molar-refractivity contribution in [3.8, 4) is 0 Å². The Kier molecular flexibility index (Phi) is 6.01. The molecule has 2 aromatic carbocycles. The highest BCUT2D eigenvalue weighted by Crippen LogP contribution is 2.24. The molecule has 0 aromatic heterocycles. The molecule has 0 amide bonds. The van der Waals surface area contributed by atoms with Gasteiger partial charge >= 0.3 is 0 Å². The van der Waals surface area contributed by atoms with Gasteiger partial charge in [-0.3, -0.25) is 0 Å². The second-order valence-corrected chi connectivity index (χ2v) is 6.86. The van der Waals surface area contributed by atoms with Gasteiger partial charge in [0.1, 0.15) is 0 Å². The summed E-state index contributed by atoms with van der Waals surface area (Å²) in [6, 6.07) is 17.9. The van der Waals surface area contributed by atoms with Gasteiger partial charge < -0.3 is 5.32 Å². The fourth-order valence-corrected chi connectivity index (χ4v) is 2.79. The number of halogens is 1. The van der Waals surface area contributed by atoms with Crippen LogP contribution in [0.5, 0.6) is 0 Å². The molecule has 1 atom stereocenters. The van der Waals surface area contributed by atoms with Gasteiger partial charge in [-0.05, 0) is 42.2 Å². The summed E-state index contributed by atoms with van der Waals surface area (Å²) in [6.07, 6.45) is 1.08. The van der Waals surface area contributed by atoms with E-state index in [1.807, 2.05) is 0 Å². The van der Waals surface area contributed by atoms with Gasteiger partial charge in [-0.2, -0.15) is 0 Å². The van der Waals surface area contributed by atoms with Crippen LogP contribution < -0.4 is 5.32 Å². The third kappa shape index (κ3) is 4.98. The number of nitrogens with one attached hydrogen (secondary N) is 1. The van der Waals surface area contributed by atoms with E-state index in [4.69, 9.17) is 0 Å². The van der Waals surface area contributed by atoms with Crippen LogP contribution >= 0.6 is 15.9 Å². The van der Waals surface area contributed by atoms with Crippen molar-refractivity contribution >= 4 is 15.9 Å². The lowest BCUT2D eigenvalue weighted by Crippen LogP contribution is -2.29. The third-order valence-corrected chi connectivity index (χ3v) is 4.37. The predicted octanol–water partition coefficient (Wildman–Crippen LogP) is 5.08. The van der Waals surface area contributed by atoms with Gasteiger partial charge in [0.25, 0.3) is 0 Å². The minimum absolute atomic E-state index is 0.501. The largest absolute Gasteiger partial charge is 0.314 e. The Morgan fingerprint density at radius 3 is 2.29 bits per heavy atom. The number of benzene rings is 2. The first kappa shape index (κ1) is 16.3. The zero-order valence-corrected chi connectivity index (χ0v) is 14.7. The Balaban J connectivity index is 2.19. The van der Waals surface area contributed by atoms with E-state index in [0.717, 1.165) is 17.4 Å². The fraction of sp³-hybridized carbons (Fsp3) is 0.368. The molecule has 0 bridgehead atoms. The van der Waals surface area contributed by atoms with Crippen LogP contribution in [-0.2, 0) is 6.42 Å². The van der Waals surface area contributed by atoms with E-state index in [0.29, 0.717) is 12.0 Å². The molecular weight excluding hydrogens is 322 g/mol. The predicted molar refractivity (Wildman–Crippen MR) is 94.9 cm³/mol. The normalized spacial score (nSPS) is 12.6. The van der Waals surface area contributed by atoms with E-state index in [9.17, 15) is 0 Å². The Labute approximate surface area is 136 Å². The van der Waals surface area contributed by atoms with Crippen LogP contribution in [-0.4, -0.2) is 12.6 Å². The lowest BCUT2D eigenvalue weighted by Gasteiger charge is -2.21. The molecule has 0 aliphatic heterocycles. The summed E-state index contributed by atoms with van der Waals surface area (Å²) in [5, 5.41) is 3.59.